The molecule has 0 radical (unpaired) electrons. The third kappa shape index (κ3) is 3.85. The summed E-state index contributed by atoms with van der Waals surface area (Å²) >= 11 is 0. The molecule has 1 atom stereocenters. The summed E-state index contributed by atoms with van der Waals surface area (Å²) in [7, 11) is -2.06. The number of methoxy groups -OCH3 is 1. The average molecular weight is 449 g/mol. The number of nitrogens with one attached hydrogen (secondary N) is 2. The fraction of sp³-hybridized carbons (Fsp3) is 0.200. The van der Waals surface area contributed by atoms with Crippen LogP contribution in [0.3, 0.4) is 0 Å². The van der Waals surface area contributed by atoms with Gasteiger partial charge in [0, 0.05) is 36.0 Å². The molecule has 1 aliphatic rings. The van der Waals surface area contributed by atoms with Crippen LogP contribution in [0.25, 0.3) is 10.9 Å². The summed E-state index contributed by atoms with van der Waals surface area (Å²) < 4.78 is 39.9. The van der Waals surface area contributed by atoms with E-state index < -0.39 is 10.0 Å². The van der Waals surface area contributed by atoms with Crippen molar-refractivity contribution in [1.82, 2.24) is 9.71 Å². The number of ether oxygens (including phenoxy) is 2. The lowest BCUT2D eigenvalue weighted by atomic mass is 9.91. The predicted octanol–water partition coefficient (Wildman–Crippen LogP) is 4.22. The Morgan fingerprint density at radius 1 is 1.09 bits per heavy atom. The highest BCUT2D eigenvalue weighted by molar-refractivity contribution is 7.89. The smallest absolute Gasteiger partial charge is 0.240 e. The lowest BCUT2D eigenvalue weighted by molar-refractivity contribution is 0.356. The van der Waals surface area contributed by atoms with Crippen molar-refractivity contribution in [2.24, 2.45) is 0 Å². The first-order valence-corrected chi connectivity index (χ1v) is 12.0. The maximum atomic E-state index is 13.1. The van der Waals surface area contributed by atoms with Gasteiger partial charge in [0.05, 0.1) is 18.6 Å². The normalized spacial score (nSPS) is 14.2. The number of para-hydroxylation sites is 1. The number of benzene rings is 3. The highest BCUT2D eigenvalue weighted by Crippen LogP contribution is 2.32. The van der Waals surface area contributed by atoms with Crippen molar-refractivity contribution in [3.05, 3.63) is 89.6 Å². The zero-order valence-corrected chi connectivity index (χ0v) is 18.5. The van der Waals surface area contributed by atoms with Gasteiger partial charge in [-0.2, -0.15) is 0 Å². The van der Waals surface area contributed by atoms with E-state index in [4.69, 9.17) is 9.47 Å². The topological polar surface area (TPSA) is 80.4 Å². The van der Waals surface area contributed by atoms with Gasteiger partial charge in [0.25, 0.3) is 0 Å². The average Bonchev–Trinajstić information content (AvgIpc) is 3.46. The molecule has 0 fully saturated rings. The van der Waals surface area contributed by atoms with Gasteiger partial charge in [-0.25, -0.2) is 13.1 Å². The number of H-pyrrole nitrogens is 1. The third-order valence-corrected chi connectivity index (χ3v) is 7.38. The van der Waals surface area contributed by atoms with Gasteiger partial charge in [-0.05, 0) is 53.1 Å². The van der Waals surface area contributed by atoms with Crippen molar-refractivity contribution in [2.75, 3.05) is 20.3 Å². The minimum Gasteiger partial charge on any atom is -0.497 e. The Morgan fingerprint density at radius 2 is 1.91 bits per heavy atom. The molecule has 0 saturated carbocycles. The van der Waals surface area contributed by atoms with Crippen LogP contribution in [0.15, 0.2) is 77.8 Å². The zero-order chi connectivity index (χ0) is 22.1. The van der Waals surface area contributed by atoms with Crippen molar-refractivity contribution in [3.63, 3.8) is 0 Å². The highest BCUT2D eigenvalue weighted by atomic mass is 32.2. The molecule has 164 valence electrons. The molecule has 1 aliphatic heterocycles. The van der Waals surface area contributed by atoms with Crippen LogP contribution in [0.2, 0.25) is 0 Å². The SMILES string of the molecule is COc1ccc(C(CNS(=O)(=O)c2ccc3c(c2)CCO3)c2c[nH]c3ccccc23)cc1. The Bertz CT molecular complexity index is 1360. The minimum absolute atomic E-state index is 0.176. The number of rotatable bonds is 7. The van der Waals surface area contributed by atoms with Gasteiger partial charge < -0.3 is 14.5 Å². The van der Waals surface area contributed by atoms with Crippen LogP contribution in [0, 0.1) is 0 Å². The van der Waals surface area contributed by atoms with Gasteiger partial charge in [0.15, 0.2) is 0 Å². The van der Waals surface area contributed by atoms with Crippen molar-refractivity contribution < 1.29 is 17.9 Å². The van der Waals surface area contributed by atoms with Crippen LogP contribution in [-0.4, -0.2) is 33.7 Å². The summed E-state index contributed by atoms with van der Waals surface area (Å²) in [5, 5.41) is 1.07. The van der Waals surface area contributed by atoms with E-state index in [2.05, 4.69) is 9.71 Å². The predicted molar refractivity (Wildman–Crippen MR) is 124 cm³/mol. The molecule has 4 aromatic rings. The standard InChI is InChI=1S/C25H24N2O4S/c1-30-19-8-6-17(7-9-19)22(23-15-26-24-5-3-2-4-21(23)24)16-27-32(28,29)20-10-11-25-18(14-20)12-13-31-25/h2-11,14-15,22,26-27H,12-13,16H2,1H3. The fourth-order valence-electron chi connectivity index (χ4n) is 4.23. The lowest BCUT2D eigenvalue weighted by Crippen LogP contribution is -2.29. The molecule has 5 rings (SSSR count). The maximum absolute atomic E-state index is 13.1. The molecular weight excluding hydrogens is 424 g/mol. The summed E-state index contributed by atoms with van der Waals surface area (Å²) in [6.45, 7) is 0.816. The number of hydrogen-bond donors (Lipinski definition) is 2. The second kappa shape index (κ2) is 8.33. The first-order chi connectivity index (χ1) is 15.5. The molecule has 0 aliphatic carbocycles. The summed E-state index contributed by atoms with van der Waals surface area (Å²) in [4.78, 5) is 3.56. The Kier molecular flexibility index (Phi) is 5.36. The Balaban J connectivity index is 1.48. The number of aromatic amines is 1. The third-order valence-electron chi connectivity index (χ3n) is 5.96. The molecular formula is C25H24N2O4S. The lowest BCUT2D eigenvalue weighted by Gasteiger charge is -2.19. The largest absolute Gasteiger partial charge is 0.497 e. The van der Waals surface area contributed by atoms with E-state index >= 15 is 0 Å². The number of hydrogen-bond acceptors (Lipinski definition) is 4. The summed E-state index contributed by atoms with van der Waals surface area (Å²) in [5.41, 5.74) is 3.98. The Morgan fingerprint density at radius 3 is 2.72 bits per heavy atom. The Hall–Kier alpha value is -3.29. The maximum Gasteiger partial charge on any atom is 0.240 e. The van der Waals surface area contributed by atoms with Gasteiger partial charge in [0.2, 0.25) is 10.0 Å². The number of aromatic nitrogens is 1. The molecule has 0 bridgehead atoms. The van der Waals surface area contributed by atoms with E-state index in [-0.39, 0.29) is 17.4 Å². The van der Waals surface area contributed by atoms with E-state index in [0.29, 0.717) is 6.61 Å². The molecule has 0 saturated heterocycles. The molecule has 0 amide bonds. The minimum atomic E-state index is -3.68. The van der Waals surface area contributed by atoms with Crippen LogP contribution in [-0.2, 0) is 16.4 Å². The highest BCUT2D eigenvalue weighted by Gasteiger charge is 2.23. The number of sulfonamides is 1. The first-order valence-electron chi connectivity index (χ1n) is 10.5. The van der Waals surface area contributed by atoms with E-state index in [1.807, 2.05) is 54.7 Å². The van der Waals surface area contributed by atoms with Crippen LogP contribution < -0.4 is 14.2 Å². The molecule has 1 aromatic heterocycles. The molecule has 3 aromatic carbocycles. The molecule has 6 nitrogen and oxygen atoms in total. The molecule has 2 heterocycles. The van der Waals surface area contributed by atoms with Crippen LogP contribution >= 0.6 is 0 Å². The van der Waals surface area contributed by atoms with E-state index in [9.17, 15) is 8.42 Å². The molecule has 2 N–H and O–H groups in total. The first kappa shape index (κ1) is 20.6. The van der Waals surface area contributed by atoms with Crippen molar-refractivity contribution in [1.29, 1.82) is 0 Å². The quantitative estimate of drug-likeness (QED) is 0.444. The second-order valence-electron chi connectivity index (χ2n) is 7.84. The van der Waals surface area contributed by atoms with E-state index in [1.165, 1.54) is 0 Å². The van der Waals surface area contributed by atoms with Gasteiger partial charge >= 0.3 is 0 Å². The van der Waals surface area contributed by atoms with Crippen LogP contribution in [0.4, 0.5) is 0 Å². The number of fused-ring (bicyclic) bond motifs is 2. The molecule has 0 spiro atoms. The van der Waals surface area contributed by atoms with Gasteiger partial charge in [0.1, 0.15) is 11.5 Å². The molecule has 1 unspecified atom stereocenters. The summed E-state index contributed by atoms with van der Waals surface area (Å²) in [6.07, 6.45) is 2.68. The molecule has 7 heteroatoms. The molecule has 32 heavy (non-hydrogen) atoms. The zero-order valence-electron chi connectivity index (χ0n) is 17.7. The van der Waals surface area contributed by atoms with Crippen LogP contribution in [0.1, 0.15) is 22.6 Å². The van der Waals surface area contributed by atoms with E-state index in [0.717, 1.165) is 45.5 Å². The fourth-order valence-corrected chi connectivity index (χ4v) is 5.33. The van der Waals surface area contributed by atoms with Gasteiger partial charge in [-0.15, -0.1) is 0 Å². The monoisotopic (exact) mass is 448 g/mol. The van der Waals surface area contributed by atoms with Crippen LogP contribution in [0.5, 0.6) is 11.5 Å². The van der Waals surface area contributed by atoms with E-state index in [1.54, 1.807) is 25.3 Å². The van der Waals surface area contributed by atoms with Crippen molar-refractivity contribution in [3.8, 4) is 11.5 Å². The van der Waals surface area contributed by atoms with Crippen molar-refractivity contribution >= 4 is 20.9 Å². The summed E-state index contributed by atoms with van der Waals surface area (Å²) in [5.74, 6) is 1.34. The van der Waals surface area contributed by atoms with Gasteiger partial charge in [-0.1, -0.05) is 30.3 Å². The second-order valence-corrected chi connectivity index (χ2v) is 9.60. The van der Waals surface area contributed by atoms with Gasteiger partial charge in [-0.3, -0.25) is 0 Å². The van der Waals surface area contributed by atoms with Crippen molar-refractivity contribution in [2.45, 2.75) is 17.2 Å². The summed E-state index contributed by atoms with van der Waals surface area (Å²) in [6, 6.07) is 20.8. The Labute approximate surface area is 187 Å².